The molecule has 0 spiro atoms. The van der Waals surface area contributed by atoms with Crippen molar-refractivity contribution in [3.05, 3.63) is 29.3 Å². The Kier molecular flexibility index (Phi) is 3.55. The van der Waals surface area contributed by atoms with E-state index in [-0.39, 0.29) is 11.5 Å². The Bertz CT molecular complexity index is 489. The van der Waals surface area contributed by atoms with E-state index in [0.29, 0.717) is 24.9 Å². The summed E-state index contributed by atoms with van der Waals surface area (Å²) in [5, 5.41) is 11.8. The van der Waals surface area contributed by atoms with Gasteiger partial charge in [0.15, 0.2) is 0 Å². The molecule has 2 N–H and O–H groups in total. The fourth-order valence-electron chi connectivity index (χ4n) is 1.96. The molecule has 6 heteroatoms. The van der Waals surface area contributed by atoms with Crippen LogP contribution < -0.4 is 9.88 Å². The molecule has 0 bridgehead atoms. The van der Waals surface area contributed by atoms with E-state index in [4.69, 9.17) is 9.76 Å². The monoisotopic (exact) mass is 247 g/mol. The van der Waals surface area contributed by atoms with Gasteiger partial charge in [-0.1, -0.05) is 19.1 Å². The summed E-state index contributed by atoms with van der Waals surface area (Å²) in [6, 6.07) is 5.06. The predicted octanol–water partition coefficient (Wildman–Crippen LogP) is 1.33. The summed E-state index contributed by atoms with van der Waals surface area (Å²) >= 11 is 0. The number of carboxylic acids is 1. The number of para-hydroxylation sites is 1. The molecular formula is C12H14BNO4. The minimum Gasteiger partial charge on any atom is -0.540 e. The highest BCUT2D eigenvalue weighted by molar-refractivity contribution is 6.53. The average molecular weight is 247 g/mol. The van der Waals surface area contributed by atoms with Crippen LogP contribution in [0, 0.1) is 0 Å². The number of carboxylic acid groups (broad SMARTS) is 1. The third-order valence-corrected chi connectivity index (χ3v) is 2.91. The second kappa shape index (κ2) is 5.12. The van der Waals surface area contributed by atoms with Crippen molar-refractivity contribution in [1.29, 1.82) is 0 Å². The zero-order chi connectivity index (χ0) is 13.1. The molecule has 1 aliphatic rings. The number of benzene rings is 1. The van der Waals surface area contributed by atoms with Crippen molar-refractivity contribution in [3.63, 3.8) is 0 Å². The molecule has 1 amide bonds. The van der Waals surface area contributed by atoms with Crippen LogP contribution in [0.15, 0.2) is 18.2 Å². The van der Waals surface area contributed by atoms with E-state index < -0.39 is 13.0 Å². The first-order chi connectivity index (χ1) is 8.61. The van der Waals surface area contributed by atoms with E-state index in [9.17, 15) is 9.59 Å². The molecule has 0 aliphatic carbocycles. The molecule has 2 rings (SSSR count). The SMILES string of the molecule is CCC(=O)NB1CCc2cccc(C(=O)O)c2O1. The summed E-state index contributed by atoms with van der Waals surface area (Å²) in [7, 11) is -0.439. The first kappa shape index (κ1) is 12.5. The van der Waals surface area contributed by atoms with Gasteiger partial charge in [-0.2, -0.15) is 0 Å². The molecule has 0 fully saturated rings. The zero-order valence-electron chi connectivity index (χ0n) is 10.1. The summed E-state index contributed by atoms with van der Waals surface area (Å²) in [6.45, 7) is 1.76. The number of aryl methyl sites for hydroxylation is 1. The van der Waals surface area contributed by atoms with Gasteiger partial charge < -0.3 is 15.0 Å². The third-order valence-electron chi connectivity index (χ3n) is 2.91. The fourth-order valence-corrected chi connectivity index (χ4v) is 1.96. The molecule has 0 atom stereocenters. The lowest BCUT2D eigenvalue weighted by Gasteiger charge is -2.24. The van der Waals surface area contributed by atoms with Crippen LogP contribution in [0.1, 0.15) is 29.3 Å². The van der Waals surface area contributed by atoms with Crippen LogP contribution in [0.5, 0.6) is 5.75 Å². The van der Waals surface area contributed by atoms with Crippen molar-refractivity contribution in [2.24, 2.45) is 0 Å². The van der Waals surface area contributed by atoms with E-state index in [1.54, 1.807) is 13.0 Å². The normalized spacial score (nSPS) is 13.5. The second-order valence-electron chi connectivity index (χ2n) is 4.17. The first-order valence-electron chi connectivity index (χ1n) is 5.93. The number of nitrogens with one attached hydrogen (secondary N) is 1. The van der Waals surface area contributed by atoms with Crippen molar-refractivity contribution in [1.82, 2.24) is 5.23 Å². The Morgan fingerprint density at radius 3 is 2.94 bits per heavy atom. The molecule has 94 valence electrons. The van der Waals surface area contributed by atoms with Gasteiger partial charge in [0.25, 0.3) is 0 Å². The Balaban J connectivity index is 2.22. The maximum atomic E-state index is 11.3. The summed E-state index contributed by atoms with van der Waals surface area (Å²) in [5.74, 6) is -0.747. The molecule has 0 radical (unpaired) electrons. The topological polar surface area (TPSA) is 75.6 Å². The van der Waals surface area contributed by atoms with Gasteiger partial charge in [-0.05, 0) is 24.4 Å². The van der Waals surface area contributed by atoms with E-state index in [1.165, 1.54) is 6.07 Å². The van der Waals surface area contributed by atoms with E-state index >= 15 is 0 Å². The van der Waals surface area contributed by atoms with Crippen molar-refractivity contribution >= 4 is 18.9 Å². The second-order valence-corrected chi connectivity index (χ2v) is 4.17. The largest absolute Gasteiger partial charge is 0.540 e. The number of amides is 1. The highest BCUT2D eigenvalue weighted by Crippen LogP contribution is 2.30. The summed E-state index contributed by atoms with van der Waals surface area (Å²) < 4.78 is 5.58. The summed E-state index contributed by atoms with van der Waals surface area (Å²) in [5.41, 5.74) is 1.01. The molecule has 1 heterocycles. The van der Waals surface area contributed by atoms with Crippen molar-refractivity contribution < 1.29 is 19.3 Å². The van der Waals surface area contributed by atoms with Gasteiger partial charge in [0.05, 0.1) is 5.56 Å². The molecule has 0 saturated heterocycles. The average Bonchev–Trinajstić information content (AvgIpc) is 2.37. The highest BCUT2D eigenvalue weighted by atomic mass is 16.5. The van der Waals surface area contributed by atoms with Crippen LogP contribution in [-0.2, 0) is 11.2 Å². The molecule has 0 aromatic heterocycles. The van der Waals surface area contributed by atoms with Crippen molar-refractivity contribution in [2.75, 3.05) is 0 Å². The lowest BCUT2D eigenvalue weighted by Crippen LogP contribution is -2.45. The number of carbonyl (C=O) groups excluding carboxylic acids is 1. The lowest BCUT2D eigenvalue weighted by molar-refractivity contribution is -0.119. The molecule has 0 unspecified atom stereocenters. The van der Waals surface area contributed by atoms with Gasteiger partial charge in [-0.3, -0.25) is 4.79 Å². The zero-order valence-corrected chi connectivity index (χ0v) is 10.1. The van der Waals surface area contributed by atoms with Crippen LogP contribution in [0.2, 0.25) is 6.32 Å². The van der Waals surface area contributed by atoms with Crippen LogP contribution in [0.4, 0.5) is 0 Å². The van der Waals surface area contributed by atoms with Crippen molar-refractivity contribution in [2.45, 2.75) is 26.1 Å². The van der Waals surface area contributed by atoms with Gasteiger partial charge in [0.1, 0.15) is 5.75 Å². The Morgan fingerprint density at radius 1 is 1.50 bits per heavy atom. The molecule has 5 nitrogen and oxygen atoms in total. The Labute approximate surface area is 105 Å². The van der Waals surface area contributed by atoms with Crippen LogP contribution in [0.3, 0.4) is 0 Å². The van der Waals surface area contributed by atoms with Crippen molar-refractivity contribution in [3.8, 4) is 5.75 Å². The quantitative estimate of drug-likeness (QED) is 0.790. The van der Waals surface area contributed by atoms with E-state index in [0.717, 1.165) is 5.56 Å². The van der Waals surface area contributed by atoms with Gasteiger partial charge >= 0.3 is 13.0 Å². The molecule has 0 saturated carbocycles. The standard InChI is InChI=1S/C12H14BNO4/c1-2-10(15)14-13-7-6-8-4-3-5-9(12(16)17)11(8)18-13/h3-5H,2,6-7H2,1H3,(H,14,15)(H,16,17). The van der Waals surface area contributed by atoms with Gasteiger partial charge in [0, 0.05) is 6.42 Å². The minimum absolute atomic E-state index is 0.101. The number of carbonyl (C=O) groups is 2. The molecule has 1 aliphatic heterocycles. The maximum absolute atomic E-state index is 11.3. The molecule has 1 aromatic carbocycles. The molecule has 1 aromatic rings. The van der Waals surface area contributed by atoms with Gasteiger partial charge in [0.2, 0.25) is 5.91 Å². The van der Waals surface area contributed by atoms with E-state index in [2.05, 4.69) is 5.23 Å². The summed E-state index contributed by atoms with van der Waals surface area (Å²) in [6.07, 6.45) is 1.74. The van der Waals surface area contributed by atoms with E-state index in [1.807, 2.05) is 6.07 Å². The number of hydrogen-bond acceptors (Lipinski definition) is 3. The smallest absolute Gasteiger partial charge is 0.482 e. The van der Waals surface area contributed by atoms with Crippen LogP contribution in [0.25, 0.3) is 0 Å². The number of rotatable bonds is 3. The number of hydrogen-bond donors (Lipinski definition) is 2. The maximum Gasteiger partial charge on any atom is 0.482 e. The fraction of sp³-hybridized carbons (Fsp3) is 0.333. The summed E-state index contributed by atoms with van der Waals surface area (Å²) in [4.78, 5) is 22.4. The Hall–Kier alpha value is -1.98. The van der Waals surface area contributed by atoms with Crippen LogP contribution in [-0.4, -0.2) is 24.0 Å². The van der Waals surface area contributed by atoms with Gasteiger partial charge in [-0.25, -0.2) is 4.79 Å². The number of aromatic carboxylic acids is 1. The number of fused-ring (bicyclic) bond motifs is 1. The Morgan fingerprint density at radius 2 is 2.28 bits per heavy atom. The van der Waals surface area contributed by atoms with Crippen LogP contribution >= 0.6 is 0 Å². The lowest BCUT2D eigenvalue weighted by atomic mass is 9.72. The van der Waals surface area contributed by atoms with Gasteiger partial charge in [-0.15, -0.1) is 0 Å². The predicted molar refractivity (Wildman–Crippen MR) is 66.7 cm³/mol. The third kappa shape index (κ3) is 2.47. The molecular weight excluding hydrogens is 233 g/mol. The highest BCUT2D eigenvalue weighted by Gasteiger charge is 2.29. The first-order valence-corrected chi connectivity index (χ1v) is 5.93. The minimum atomic E-state index is -1.02. The molecule has 18 heavy (non-hydrogen) atoms.